The van der Waals surface area contributed by atoms with Crippen LogP contribution in [0, 0.1) is 0 Å². The Morgan fingerprint density at radius 2 is 0.634 bits per heavy atom. The van der Waals surface area contributed by atoms with Gasteiger partial charge in [-0.15, -0.1) is 0 Å². The number of fused-ring (bicyclic) bond motifs is 18. The van der Waals surface area contributed by atoms with Crippen LogP contribution in [0.1, 0.15) is 215 Å². The van der Waals surface area contributed by atoms with Gasteiger partial charge in [-0.2, -0.15) is 0 Å². The molecule has 4 heterocycles. The van der Waals surface area contributed by atoms with Crippen LogP contribution in [0.15, 0.2) is 300 Å². The minimum absolute atomic E-state index is 0.00830. The highest BCUT2D eigenvalue weighted by Gasteiger charge is 2.57. The summed E-state index contributed by atoms with van der Waals surface area (Å²) >= 11 is 7.82. The van der Waals surface area contributed by atoms with Crippen LogP contribution >= 0.6 is 31.9 Å². The molecule has 12 heteroatoms. The first kappa shape index (κ1) is 81.1. The largest absolute Gasteiger partial charge is 0.494 e. The molecule has 13 aromatic carbocycles. The fraction of sp³-hybridized carbons (Fsp3) is 0.279. The lowest BCUT2D eigenvalue weighted by Crippen LogP contribution is -2.41. The van der Waals surface area contributed by atoms with Gasteiger partial charge in [0.1, 0.15) is 11.6 Å². The molecular formula is C111H106B2Br2N4O4. The van der Waals surface area contributed by atoms with Crippen LogP contribution in [0.3, 0.4) is 0 Å². The molecule has 21 rings (SSSR count). The predicted octanol–water partition coefficient (Wildman–Crippen LogP) is 28.0. The van der Waals surface area contributed by atoms with Crippen molar-refractivity contribution in [3.8, 4) is 78.7 Å². The third kappa shape index (κ3) is 13.3. The Hall–Kier alpha value is -10.3. The molecule has 0 unspecified atom stereocenters. The van der Waals surface area contributed by atoms with Gasteiger partial charge in [-0.3, -0.25) is 9.13 Å². The topological polar surface area (TPSA) is 72.6 Å². The second kappa shape index (κ2) is 31.7. The summed E-state index contributed by atoms with van der Waals surface area (Å²) in [5.41, 5.74) is 31.2. The SMILES string of the molecule is Brc1ccc2c(c1)C1(c3cc(Br)ccc3-2)c2cc(-c3nc4ccccc4n3-c3ccccc3)ccc2-c2ccc(-c3nc4ccccc4n3-c3ccccc3)cc21.CCCCCCCCC1(CCCCCCCC)c2ccccc2-c2cc3c(cc21)-c1ccccc1C3(c1ccc(B2OC(C)(C)C(C)(C)O2)cc1)c1ccc(B2OC(C)(C)C(C)(C)O2)cc1. The van der Waals surface area contributed by atoms with Gasteiger partial charge in [0.05, 0.1) is 55.3 Å². The zero-order valence-corrected chi connectivity index (χ0v) is 75.6. The molecule has 6 aliphatic rings. The van der Waals surface area contributed by atoms with Crippen LogP contribution in [-0.4, -0.2) is 55.7 Å². The Morgan fingerprint density at radius 1 is 0.293 bits per heavy atom. The van der Waals surface area contributed by atoms with E-state index >= 15 is 0 Å². The van der Waals surface area contributed by atoms with Crippen LogP contribution in [0.5, 0.6) is 0 Å². The van der Waals surface area contributed by atoms with Gasteiger partial charge >= 0.3 is 14.2 Å². The molecule has 2 fully saturated rings. The zero-order chi connectivity index (χ0) is 84.4. The first-order valence-corrected chi connectivity index (χ1v) is 46.5. The molecule has 15 aromatic rings. The Bertz CT molecular complexity index is 6220. The monoisotopic (exact) mass is 1740 g/mol. The molecule has 4 aliphatic carbocycles. The summed E-state index contributed by atoms with van der Waals surface area (Å²) in [7, 11) is -0.873. The number of benzene rings is 13. The van der Waals surface area contributed by atoms with Gasteiger partial charge in [0.2, 0.25) is 0 Å². The van der Waals surface area contributed by atoms with E-state index in [-0.39, 0.29) is 5.41 Å². The summed E-state index contributed by atoms with van der Waals surface area (Å²) in [6, 6.07) is 108. The molecule has 0 radical (unpaired) electrons. The first-order valence-electron chi connectivity index (χ1n) is 45.0. The van der Waals surface area contributed by atoms with Gasteiger partial charge in [-0.05, 0) is 276 Å². The molecular weight excluding hydrogens is 1630 g/mol. The van der Waals surface area contributed by atoms with Crippen molar-refractivity contribution in [1.82, 2.24) is 19.1 Å². The minimum atomic E-state index is -0.623. The van der Waals surface area contributed by atoms with E-state index in [9.17, 15) is 0 Å². The van der Waals surface area contributed by atoms with Gasteiger partial charge in [0.15, 0.2) is 0 Å². The highest BCUT2D eigenvalue weighted by molar-refractivity contribution is 9.10. The fourth-order valence-electron chi connectivity index (χ4n) is 21.4. The minimum Gasteiger partial charge on any atom is -0.399 e. The van der Waals surface area contributed by atoms with Gasteiger partial charge in [0.25, 0.3) is 0 Å². The molecule has 1 spiro atoms. The zero-order valence-electron chi connectivity index (χ0n) is 72.4. The number of rotatable bonds is 22. The van der Waals surface area contributed by atoms with Crippen LogP contribution in [-0.2, 0) is 34.9 Å². The van der Waals surface area contributed by atoms with Crippen LogP contribution in [0.25, 0.3) is 101 Å². The van der Waals surface area contributed by atoms with Crippen LogP contribution < -0.4 is 10.9 Å². The summed E-state index contributed by atoms with van der Waals surface area (Å²) < 4.78 is 33.0. The van der Waals surface area contributed by atoms with Crippen molar-refractivity contribution in [2.24, 2.45) is 0 Å². The number of halogens is 2. The maximum Gasteiger partial charge on any atom is 0.494 e. The third-order valence-electron chi connectivity index (χ3n) is 28.9. The van der Waals surface area contributed by atoms with Gasteiger partial charge in [0, 0.05) is 36.9 Å². The van der Waals surface area contributed by atoms with Gasteiger partial charge < -0.3 is 18.6 Å². The number of imidazole rings is 2. The van der Waals surface area contributed by atoms with E-state index in [4.69, 9.17) is 28.6 Å². The standard InChI is InChI=1S/C60H76B2O4.C51H30Br2N4/c1-11-13-15-17-19-25-39-59(40-26-20-18-16-14-12-2)51-29-23-21-27-47(51)49-42-54-50(41-53(49)59)48-28-22-24-30-52(48)60(54,43-31-35-45(36-32-43)61-63-55(3,4)56(5,6)64-61)44-33-37-46(38-34-44)62-65-57(7,8)58(9,10)66-62;52-33-21-25-39-40-26-22-34(53)30-44(40)51(43(39)29-33)41-27-31(49-54-45-15-7-9-17-47(45)56(49)35-11-3-1-4-12-35)19-23-37(41)38-24-20-32(28-42(38)51)50-55-46-16-8-10-18-48(46)57(50)36-13-5-2-6-14-36/h21-24,27-38,41-42H,11-20,25-26,39-40H2,1-10H3;1-30H. The normalized spacial score (nSPS) is 16.7. The van der Waals surface area contributed by atoms with E-state index in [0.717, 1.165) is 76.1 Å². The number of aromatic nitrogens is 4. The molecule has 123 heavy (non-hydrogen) atoms. The fourth-order valence-corrected chi connectivity index (χ4v) is 22.1. The third-order valence-corrected chi connectivity index (χ3v) is 29.9. The van der Waals surface area contributed by atoms with E-state index in [0.29, 0.717) is 0 Å². The van der Waals surface area contributed by atoms with Crippen LogP contribution in [0.4, 0.5) is 0 Å². The van der Waals surface area contributed by atoms with Crippen molar-refractivity contribution < 1.29 is 18.6 Å². The van der Waals surface area contributed by atoms with Gasteiger partial charge in [-0.25, -0.2) is 9.97 Å². The highest BCUT2D eigenvalue weighted by atomic mass is 79.9. The molecule has 0 bridgehead atoms. The van der Waals surface area contributed by atoms with Crippen molar-refractivity contribution >= 4 is 79.1 Å². The number of hydrogen-bond acceptors (Lipinski definition) is 6. The second-order valence-corrected chi connectivity index (χ2v) is 39.0. The molecule has 0 amide bonds. The smallest absolute Gasteiger partial charge is 0.399 e. The predicted molar refractivity (Wildman–Crippen MR) is 516 cm³/mol. The number of unbranched alkanes of at least 4 members (excludes halogenated alkanes) is 10. The molecule has 0 atom stereocenters. The lowest BCUT2D eigenvalue weighted by atomic mass is 9.65. The number of hydrogen-bond donors (Lipinski definition) is 0. The Morgan fingerprint density at radius 3 is 1.08 bits per heavy atom. The Labute approximate surface area is 743 Å². The summed E-state index contributed by atoms with van der Waals surface area (Å²) in [6.07, 6.45) is 18.1. The maximum atomic E-state index is 6.59. The van der Waals surface area contributed by atoms with E-state index in [1.165, 1.54) is 179 Å². The second-order valence-electron chi connectivity index (χ2n) is 37.2. The molecule has 614 valence electrons. The molecule has 0 saturated carbocycles. The summed E-state index contributed by atoms with van der Waals surface area (Å²) in [6.45, 7) is 21.7. The van der Waals surface area contributed by atoms with Crippen LogP contribution in [0.2, 0.25) is 0 Å². The van der Waals surface area contributed by atoms with Crippen molar-refractivity contribution in [3.05, 3.63) is 356 Å². The Balaban J connectivity index is 0.000000157. The maximum absolute atomic E-state index is 6.59. The van der Waals surface area contributed by atoms with Crippen molar-refractivity contribution in [3.63, 3.8) is 0 Å². The summed E-state index contributed by atoms with van der Waals surface area (Å²) in [4.78, 5) is 10.6. The Kier molecular flexibility index (Phi) is 20.9. The quantitative estimate of drug-likeness (QED) is 0.0497. The molecule has 2 saturated heterocycles. The van der Waals surface area contributed by atoms with Crippen molar-refractivity contribution in [2.75, 3.05) is 0 Å². The molecule has 2 aliphatic heterocycles. The van der Waals surface area contributed by atoms with Crippen molar-refractivity contribution in [2.45, 2.75) is 198 Å². The average molecular weight is 1740 g/mol. The highest BCUT2D eigenvalue weighted by Crippen LogP contribution is 2.66. The van der Waals surface area contributed by atoms with Crippen molar-refractivity contribution in [1.29, 1.82) is 0 Å². The van der Waals surface area contributed by atoms with E-state index in [1.54, 1.807) is 11.1 Å². The van der Waals surface area contributed by atoms with E-state index in [1.807, 2.05) is 0 Å². The first-order chi connectivity index (χ1) is 59.7. The van der Waals surface area contributed by atoms with Gasteiger partial charge in [-0.1, -0.05) is 317 Å². The lowest BCUT2D eigenvalue weighted by Gasteiger charge is -2.35. The lowest BCUT2D eigenvalue weighted by molar-refractivity contribution is 0.00578. The molecule has 8 nitrogen and oxygen atoms in total. The number of nitrogens with zero attached hydrogens (tertiary/aromatic N) is 4. The average Bonchev–Trinajstić information content (AvgIpc) is 1.50. The molecule has 2 aromatic heterocycles. The van der Waals surface area contributed by atoms with E-state index in [2.05, 4.69) is 401 Å². The molecule has 0 N–H and O–H groups in total. The van der Waals surface area contributed by atoms with E-state index < -0.39 is 47.5 Å². The summed E-state index contributed by atoms with van der Waals surface area (Å²) in [5.74, 6) is 1.83. The summed E-state index contributed by atoms with van der Waals surface area (Å²) in [5, 5.41) is 0. The number of para-hydroxylation sites is 6.